The van der Waals surface area contributed by atoms with E-state index >= 15 is 0 Å². The number of methoxy groups -OCH3 is 1. The molecule has 0 aliphatic heterocycles. The van der Waals surface area contributed by atoms with Gasteiger partial charge >= 0.3 is 0 Å². The molecule has 0 saturated heterocycles. The first kappa shape index (κ1) is 13.0. The topological polar surface area (TPSA) is 18.5 Å². The summed E-state index contributed by atoms with van der Waals surface area (Å²) in [4.78, 5) is 0. The van der Waals surface area contributed by atoms with Crippen LogP contribution in [0.5, 0.6) is 11.5 Å². The van der Waals surface area contributed by atoms with E-state index in [9.17, 15) is 0 Å². The smallest absolute Gasteiger partial charge is 0.156 e. The number of benzene rings is 2. The molecule has 0 aliphatic carbocycles. The Morgan fingerprint density at radius 3 is 2.16 bits per heavy atom. The third-order valence-corrected chi connectivity index (χ3v) is 2.57. The van der Waals surface area contributed by atoms with E-state index in [1.54, 1.807) is 7.11 Å². The summed E-state index contributed by atoms with van der Waals surface area (Å²) in [6.07, 6.45) is -0.159. The molecule has 2 aromatic rings. The monoisotopic (exact) mass is 252 g/mol. The van der Waals surface area contributed by atoms with Crippen LogP contribution in [-0.4, -0.2) is 13.2 Å². The van der Waals surface area contributed by atoms with Crippen molar-refractivity contribution < 1.29 is 9.47 Å². The van der Waals surface area contributed by atoms with Gasteiger partial charge in [0.2, 0.25) is 0 Å². The molecule has 2 nitrogen and oxygen atoms in total. The molecule has 1 atom stereocenters. The summed E-state index contributed by atoms with van der Waals surface area (Å²) in [6.45, 7) is 1.93. The number of hydrogen-bond acceptors (Lipinski definition) is 2. The van der Waals surface area contributed by atoms with Crippen LogP contribution in [0.4, 0.5) is 0 Å². The van der Waals surface area contributed by atoms with Crippen LogP contribution in [-0.2, 0) is 0 Å². The average molecular weight is 252 g/mol. The lowest BCUT2D eigenvalue weighted by Gasteiger charge is -2.09. The minimum absolute atomic E-state index is 0.159. The van der Waals surface area contributed by atoms with Crippen molar-refractivity contribution >= 4 is 0 Å². The first-order valence-electron chi connectivity index (χ1n) is 6.15. The van der Waals surface area contributed by atoms with E-state index in [4.69, 9.17) is 9.47 Å². The van der Waals surface area contributed by atoms with Crippen molar-refractivity contribution in [2.75, 3.05) is 7.11 Å². The van der Waals surface area contributed by atoms with E-state index < -0.39 is 0 Å². The van der Waals surface area contributed by atoms with Gasteiger partial charge in [0, 0.05) is 5.56 Å². The van der Waals surface area contributed by atoms with Crippen molar-refractivity contribution in [1.82, 2.24) is 0 Å². The van der Waals surface area contributed by atoms with Gasteiger partial charge in [0.1, 0.15) is 11.5 Å². The molecule has 0 fully saturated rings. The van der Waals surface area contributed by atoms with Gasteiger partial charge in [0.05, 0.1) is 7.11 Å². The SMILES string of the molecule is COc1ccc(OC(C)C#Cc2ccccc2)cc1. The molecule has 0 radical (unpaired) electrons. The molecule has 0 aliphatic rings. The molecular formula is C17H16O2. The predicted molar refractivity (Wildman–Crippen MR) is 76.4 cm³/mol. The molecule has 2 aromatic carbocycles. The zero-order valence-electron chi connectivity index (χ0n) is 11.1. The van der Waals surface area contributed by atoms with Gasteiger partial charge < -0.3 is 9.47 Å². The fourth-order valence-electron chi connectivity index (χ4n) is 1.59. The largest absolute Gasteiger partial charge is 0.497 e. The summed E-state index contributed by atoms with van der Waals surface area (Å²) in [5.41, 5.74) is 0.993. The number of hydrogen-bond donors (Lipinski definition) is 0. The standard InChI is InChI=1S/C17H16O2/c1-14(8-9-15-6-4-3-5-7-15)19-17-12-10-16(18-2)11-13-17/h3-7,10-14H,1-2H3. The maximum Gasteiger partial charge on any atom is 0.156 e. The van der Waals surface area contributed by atoms with Crippen molar-refractivity contribution in [3.05, 3.63) is 60.2 Å². The normalized spacial score (nSPS) is 11.1. The van der Waals surface area contributed by atoms with Crippen molar-refractivity contribution in [2.24, 2.45) is 0 Å². The highest BCUT2D eigenvalue weighted by molar-refractivity contribution is 5.35. The zero-order valence-corrected chi connectivity index (χ0v) is 11.1. The van der Waals surface area contributed by atoms with Crippen LogP contribution in [0.2, 0.25) is 0 Å². The average Bonchev–Trinajstić information content (AvgIpc) is 2.47. The molecule has 2 heteroatoms. The van der Waals surface area contributed by atoms with E-state index in [0.29, 0.717) is 0 Å². The predicted octanol–water partition coefficient (Wildman–Crippen LogP) is 3.51. The number of rotatable bonds is 3. The Bertz CT molecular complexity index is 562. The van der Waals surface area contributed by atoms with Gasteiger partial charge in [0.25, 0.3) is 0 Å². The lowest BCUT2D eigenvalue weighted by Crippen LogP contribution is -2.08. The minimum Gasteiger partial charge on any atom is -0.497 e. The molecule has 2 rings (SSSR count). The van der Waals surface area contributed by atoms with Crippen LogP contribution < -0.4 is 9.47 Å². The van der Waals surface area contributed by atoms with Gasteiger partial charge in [-0.05, 0) is 43.3 Å². The van der Waals surface area contributed by atoms with Gasteiger partial charge in [-0.2, -0.15) is 0 Å². The molecule has 0 heterocycles. The Hall–Kier alpha value is -2.40. The first-order valence-corrected chi connectivity index (χ1v) is 6.15. The highest BCUT2D eigenvalue weighted by atomic mass is 16.5. The molecule has 1 unspecified atom stereocenters. The van der Waals surface area contributed by atoms with Crippen molar-refractivity contribution in [3.63, 3.8) is 0 Å². The molecule has 0 N–H and O–H groups in total. The van der Waals surface area contributed by atoms with Crippen LogP contribution in [0.25, 0.3) is 0 Å². The molecule has 0 amide bonds. The van der Waals surface area contributed by atoms with E-state index in [1.807, 2.05) is 61.5 Å². The van der Waals surface area contributed by atoms with E-state index in [-0.39, 0.29) is 6.10 Å². The summed E-state index contributed by atoms with van der Waals surface area (Å²) < 4.78 is 10.8. The maximum atomic E-state index is 5.71. The fraction of sp³-hybridized carbons (Fsp3) is 0.176. The molecule has 0 aromatic heterocycles. The lowest BCUT2D eigenvalue weighted by molar-refractivity contribution is 0.278. The molecule has 0 spiro atoms. The molecule has 0 bridgehead atoms. The Balaban J connectivity index is 1.97. The van der Waals surface area contributed by atoms with Crippen LogP contribution in [0, 0.1) is 11.8 Å². The zero-order chi connectivity index (χ0) is 13.5. The quantitative estimate of drug-likeness (QED) is 0.778. The van der Waals surface area contributed by atoms with Crippen molar-refractivity contribution in [2.45, 2.75) is 13.0 Å². The third-order valence-electron chi connectivity index (χ3n) is 2.57. The van der Waals surface area contributed by atoms with Crippen LogP contribution >= 0.6 is 0 Å². The Labute approximate surface area is 114 Å². The molecule has 19 heavy (non-hydrogen) atoms. The van der Waals surface area contributed by atoms with Gasteiger partial charge in [-0.3, -0.25) is 0 Å². The molecular weight excluding hydrogens is 236 g/mol. The summed E-state index contributed by atoms with van der Waals surface area (Å²) in [5, 5.41) is 0. The van der Waals surface area contributed by atoms with Gasteiger partial charge in [0.15, 0.2) is 6.10 Å². The van der Waals surface area contributed by atoms with E-state index in [2.05, 4.69) is 11.8 Å². The first-order chi connectivity index (χ1) is 9.28. The summed E-state index contributed by atoms with van der Waals surface area (Å²) >= 11 is 0. The van der Waals surface area contributed by atoms with Gasteiger partial charge in [-0.15, -0.1) is 0 Å². The Kier molecular flexibility index (Phi) is 4.47. The Morgan fingerprint density at radius 2 is 1.53 bits per heavy atom. The summed E-state index contributed by atoms with van der Waals surface area (Å²) in [7, 11) is 1.64. The highest BCUT2D eigenvalue weighted by Gasteiger charge is 2.00. The maximum absolute atomic E-state index is 5.71. The van der Waals surface area contributed by atoms with E-state index in [1.165, 1.54) is 0 Å². The molecule has 96 valence electrons. The van der Waals surface area contributed by atoms with Crippen LogP contribution in [0.1, 0.15) is 12.5 Å². The highest BCUT2D eigenvalue weighted by Crippen LogP contribution is 2.17. The second-order valence-corrected chi connectivity index (χ2v) is 4.07. The summed E-state index contributed by atoms with van der Waals surface area (Å²) in [5.74, 6) is 7.76. The Morgan fingerprint density at radius 1 is 0.895 bits per heavy atom. The lowest BCUT2D eigenvalue weighted by atomic mass is 10.2. The van der Waals surface area contributed by atoms with Crippen molar-refractivity contribution in [1.29, 1.82) is 0 Å². The van der Waals surface area contributed by atoms with E-state index in [0.717, 1.165) is 17.1 Å². The number of ether oxygens (including phenoxy) is 2. The van der Waals surface area contributed by atoms with Gasteiger partial charge in [-0.1, -0.05) is 30.0 Å². The molecule has 0 saturated carbocycles. The fourth-order valence-corrected chi connectivity index (χ4v) is 1.59. The third kappa shape index (κ3) is 4.08. The van der Waals surface area contributed by atoms with Crippen LogP contribution in [0.15, 0.2) is 54.6 Å². The minimum atomic E-state index is -0.159. The van der Waals surface area contributed by atoms with Crippen LogP contribution in [0.3, 0.4) is 0 Å². The van der Waals surface area contributed by atoms with Crippen molar-refractivity contribution in [3.8, 4) is 23.3 Å². The summed E-state index contributed by atoms with van der Waals surface area (Å²) in [6, 6.07) is 17.4. The second-order valence-electron chi connectivity index (χ2n) is 4.07. The van der Waals surface area contributed by atoms with Gasteiger partial charge in [-0.25, -0.2) is 0 Å². The second kappa shape index (κ2) is 6.51.